The fourth-order valence-corrected chi connectivity index (χ4v) is 1.69. The molecule has 0 spiro atoms. The van der Waals surface area contributed by atoms with Gasteiger partial charge in [0.1, 0.15) is 0 Å². The van der Waals surface area contributed by atoms with Crippen LogP contribution < -0.4 is 0 Å². The molecule has 0 amide bonds. The monoisotopic (exact) mass is 214 g/mol. The SMILES string of the molecule is CC1=C(C(=O)O)C(C)(F)C=CC1C(=O)O. The largest absolute Gasteiger partial charge is 0.481 e. The van der Waals surface area contributed by atoms with E-state index in [1.807, 2.05) is 0 Å². The zero-order valence-corrected chi connectivity index (χ0v) is 8.32. The van der Waals surface area contributed by atoms with E-state index in [1.165, 1.54) is 13.0 Å². The average molecular weight is 214 g/mol. The van der Waals surface area contributed by atoms with Crippen molar-refractivity contribution in [1.29, 1.82) is 0 Å². The molecule has 0 aliphatic heterocycles. The van der Waals surface area contributed by atoms with Gasteiger partial charge in [-0.2, -0.15) is 0 Å². The highest BCUT2D eigenvalue weighted by Gasteiger charge is 2.39. The van der Waals surface area contributed by atoms with Crippen LogP contribution in [0.4, 0.5) is 4.39 Å². The summed E-state index contributed by atoms with van der Waals surface area (Å²) in [5.74, 6) is -3.66. The molecule has 0 aromatic rings. The Morgan fingerprint density at radius 1 is 1.47 bits per heavy atom. The highest BCUT2D eigenvalue weighted by molar-refractivity contribution is 5.93. The summed E-state index contributed by atoms with van der Waals surface area (Å²) >= 11 is 0. The first-order valence-corrected chi connectivity index (χ1v) is 4.33. The Morgan fingerprint density at radius 2 is 2.00 bits per heavy atom. The van der Waals surface area contributed by atoms with Crippen LogP contribution in [0.25, 0.3) is 0 Å². The third-order valence-corrected chi connectivity index (χ3v) is 2.43. The van der Waals surface area contributed by atoms with Crippen LogP contribution >= 0.6 is 0 Å². The molecule has 0 aromatic carbocycles. The highest BCUT2D eigenvalue weighted by Crippen LogP contribution is 2.34. The lowest BCUT2D eigenvalue weighted by Gasteiger charge is -2.26. The molecule has 15 heavy (non-hydrogen) atoms. The maximum Gasteiger partial charge on any atom is 0.335 e. The molecule has 1 rings (SSSR count). The van der Waals surface area contributed by atoms with Crippen molar-refractivity contribution in [3.63, 3.8) is 0 Å². The Morgan fingerprint density at radius 3 is 2.40 bits per heavy atom. The van der Waals surface area contributed by atoms with E-state index >= 15 is 0 Å². The van der Waals surface area contributed by atoms with E-state index in [-0.39, 0.29) is 5.57 Å². The van der Waals surface area contributed by atoms with Gasteiger partial charge in [-0.15, -0.1) is 0 Å². The molecule has 0 heterocycles. The minimum atomic E-state index is -2.11. The first kappa shape index (κ1) is 11.4. The fourth-order valence-electron chi connectivity index (χ4n) is 1.69. The van der Waals surface area contributed by atoms with Crippen molar-refractivity contribution >= 4 is 11.9 Å². The van der Waals surface area contributed by atoms with E-state index in [2.05, 4.69) is 0 Å². The van der Waals surface area contributed by atoms with Crippen LogP contribution in [0, 0.1) is 5.92 Å². The first-order valence-electron chi connectivity index (χ1n) is 4.33. The number of hydrogen-bond donors (Lipinski definition) is 2. The predicted molar refractivity (Wildman–Crippen MR) is 50.1 cm³/mol. The molecule has 0 fully saturated rings. The van der Waals surface area contributed by atoms with Crippen LogP contribution in [0.1, 0.15) is 13.8 Å². The summed E-state index contributed by atoms with van der Waals surface area (Å²) in [6, 6.07) is 0. The molecule has 0 aromatic heterocycles. The average Bonchev–Trinajstić information content (AvgIpc) is 2.00. The van der Waals surface area contributed by atoms with Crippen LogP contribution in [0.3, 0.4) is 0 Å². The standard InChI is InChI=1S/C10H11FO4/c1-5-6(8(12)13)3-4-10(2,11)7(5)9(14)15/h3-4,6H,1-2H3,(H,12,13)(H,14,15). The lowest BCUT2D eigenvalue weighted by atomic mass is 9.81. The van der Waals surface area contributed by atoms with Gasteiger partial charge in [-0.1, -0.05) is 6.08 Å². The molecule has 2 N–H and O–H groups in total. The molecule has 1 aliphatic rings. The number of alkyl halides is 1. The second kappa shape index (κ2) is 3.49. The summed E-state index contributed by atoms with van der Waals surface area (Å²) in [7, 11) is 0. The van der Waals surface area contributed by atoms with Gasteiger partial charge in [-0.3, -0.25) is 4.79 Å². The van der Waals surface area contributed by atoms with E-state index in [0.717, 1.165) is 13.0 Å². The summed E-state index contributed by atoms with van der Waals surface area (Å²) in [5, 5.41) is 17.6. The smallest absolute Gasteiger partial charge is 0.335 e. The van der Waals surface area contributed by atoms with E-state index in [1.54, 1.807) is 0 Å². The molecule has 82 valence electrons. The normalized spacial score (nSPS) is 30.5. The molecule has 1 aliphatic carbocycles. The Labute approximate surface area is 85.7 Å². The van der Waals surface area contributed by atoms with Crippen molar-refractivity contribution in [2.75, 3.05) is 0 Å². The Balaban J connectivity index is 3.29. The van der Waals surface area contributed by atoms with E-state index in [9.17, 15) is 14.0 Å². The van der Waals surface area contributed by atoms with Crippen molar-refractivity contribution in [2.24, 2.45) is 5.92 Å². The molecule has 0 saturated carbocycles. The number of halogens is 1. The van der Waals surface area contributed by atoms with Gasteiger partial charge in [-0.05, 0) is 25.5 Å². The Kier molecular flexibility index (Phi) is 2.66. The van der Waals surface area contributed by atoms with Gasteiger partial charge in [0.05, 0.1) is 11.5 Å². The van der Waals surface area contributed by atoms with Crippen LogP contribution in [0.15, 0.2) is 23.3 Å². The van der Waals surface area contributed by atoms with Gasteiger partial charge in [-0.25, -0.2) is 9.18 Å². The van der Waals surface area contributed by atoms with E-state index in [0.29, 0.717) is 0 Å². The summed E-state index contributed by atoms with van der Waals surface area (Å²) in [6.07, 6.45) is 2.15. The number of aliphatic carboxylic acids is 2. The molecule has 2 atom stereocenters. The molecule has 0 radical (unpaired) electrons. The molecule has 5 heteroatoms. The maximum absolute atomic E-state index is 13.8. The quantitative estimate of drug-likeness (QED) is 0.681. The third-order valence-electron chi connectivity index (χ3n) is 2.43. The fraction of sp³-hybridized carbons (Fsp3) is 0.400. The number of carboxylic acids is 2. The second-order valence-corrected chi connectivity index (χ2v) is 3.61. The summed E-state index contributed by atoms with van der Waals surface area (Å²) < 4.78 is 13.8. The first-order chi connectivity index (χ1) is 6.77. The minimum Gasteiger partial charge on any atom is -0.481 e. The van der Waals surface area contributed by atoms with Crippen molar-refractivity contribution in [1.82, 2.24) is 0 Å². The van der Waals surface area contributed by atoms with E-state index < -0.39 is 29.1 Å². The van der Waals surface area contributed by atoms with Gasteiger partial charge in [0.2, 0.25) is 0 Å². The van der Waals surface area contributed by atoms with Crippen LogP contribution in [-0.4, -0.2) is 27.8 Å². The van der Waals surface area contributed by atoms with Crippen LogP contribution in [0.2, 0.25) is 0 Å². The molecule has 0 bridgehead atoms. The molecular weight excluding hydrogens is 203 g/mol. The molecule has 0 saturated heterocycles. The topological polar surface area (TPSA) is 74.6 Å². The minimum absolute atomic E-state index is 0.0301. The zero-order valence-electron chi connectivity index (χ0n) is 8.32. The Hall–Kier alpha value is -1.65. The number of carboxylic acid groups (broad SMARTS) is 2. The Bertz CT molecular complexity index is 379. The van der Waals surface area contributed by atoms with Crippen molar-refractivity contribution < 1.29 is 24.2 Å². The third kappa shape index (κ3) is 1.91. The highest BCUT2D eigenvalue weighted by atomic mass is 19.1. The maximum atomic E-state index is 13.8. The van der Waals surface area contributed by atoms with Gasteiger partial charge in [0.25, 0.3) is 0 Å². The lowest BCUT2D eigenvalue weighted by Crippen LogP contribution is -2.32. The summed E-state index contributed by atoms with van der Waals surface area (Å²) in [4.78, 5) is 21.6. The lowest BCUT2D eigenvalue weighted by molar-refractivity contribution is -0.139. The number of allylic oxidation sites excluding steroid dienone is 1. The van der Waals surface area contributed by atoms with Crippen molar-refractivity contribution in [3.8, 4) is 0 Å². The molecular formula is C10H11FO4. The number of carbonyl (C=O) groups is 2. The van der Waals surface area contributed by atoms with Crippen molar-refractivity contribution in [2.45, 2.75) is 19.5 Å². The van der Waals surface area contributed by atoms with Crippen LogP contribution in [-0.2, 0) is 9.59 Å². The number of hydrogen-bond acceptors (Lipinski definition) is 2. The zero-order chi connectivity index (χ0) is 11.8. The van der Waals surface area contributed by atoms with Gasteiger partial charge >= 0.3 is 11.9 Å². The van der Waals surface area contributed by atoms with E-state index in [4.69, 9.17) is 10.2 Å². The second-order valence-electron chi connectivity index (χ2n) is 3.61. The predicted octanol–water partition coefficient (Wildman–Crippen LogP) is 1.39. The summed E-state index contributed by atoms with van der Waals surface area (Å²) in [6.45, 7) is 2.41. The summed E-state index contributed by atoms with van der Waals surface area (Å²) in [5.41, 5.74) is -2.57. The number of rotatable bonds is 2. The van der Waals surface area contributed by atoms with Gasteiger partial charge < -0.3 is 10.2 Å². The molecule has 2 unspecified atom stereocenters. The molecule has 4 nitrogen and oxygen atoms in total. The van der Waals surface area contributed by atoms with Gasteiger partial charge in [0, 0.05) is 0 Å². The van der Waals surface area contributed by atoms with Crippen molar-refractivity contribution in [3.05, 3.63) is 23.3 Å². The van der Waals surface area contributed by atoms with Gasteiger partial charge in [0.15, 0.2) is 5.67 Å². The van der Waals surface area contributed by atoms with Crippen LogP contribution in [0.5, 0.6) is 0 Å².